The molecule has 3 heteroatoms. The Morgan fingerprint density at radius 3 is 2.73 bits per heavy atom. The topological polar surface area (TPSA) is 15.3 Å². The zero-order valence-electron chi connectivity index (χ0n) is 9.63. The lowest BCUT2D eigenvalue weighted by Gasteiger charge is -2.16. The van der Waals surface area contributed by atoms with E-state index in [1.165, 1.54) is 6.07 Å². The van der Waals surface area contributed by atoms with Gasteiger partial charge in [0.15, 0.2) is 0 Å². The molecule has 0 aliphatic rings. The van der Waals surface area contributed by atoms with Crippen LogP contribution >= 0.6 is 0 Å². The third-order valence-corrected chi connectivity index (χ3v) is 2.36. The van der Waals surface area contributed by atoms with Gasteiger partial charge in [-0.05, 0) is 38.7 Å². The highest BCUT2D eigenvalue weighted by molar-refractivity contribution is 5.19. The van der Waals surface area contributed by atoms with Crippen molar-refractivity contribution in [2.45, 2.75) is 13.0 Å². The number of halogens is 1. The first-order valence-electron chi connectivity index (χ1n) is 5.23. The summed E-state index contributed by atoms with van der Waals surface area (Å²) in [6, 6.07) is 6.93. The summed E-state index contributed by atoms with van der Waals surface area (Å²) in [5.74, 6) is -0.172. The number of benzene rings is 1. The number of nitrogens with zero attached hydrogens (tertiary/aromatic N) is 1. The Hall–Kier alpha value is -0.930. The predicted molar refractivity (Wildman–Crippen MR) is 61.4 cm³/mol. The summed E-state index contributed by atoms with van der Waals surface area (Å²) in [7, 11) is 4.07. The van der Waals surface area contributed by atoms with Crippen LogP contribution in [0.3, 0.4) is 0 Å². The van der Waals surface area contributed by atoms with Crippen LogP contribution in [0.5, 0.6) is 0 Å². The lowest BCUT2D eigenvalue weighted by Crippen LogP contribution is -2.28. The first kappa shape index (κ1) is 12.1. The summed E-state index contributed by atoms with van der Waals surface area (Å²) in [6.45, 7) is 3.94. The maximum Gasteiger partial charge on any atom is 0.123 e. The Balaban J connectivity index is 2.43. The van der Waals surface area contributed by atoms with Crippen molar-refractivity contribution >= 4 is 0 Å². The molecule has 84 valence electrons. The van der Waals surface area contributed by atoms with E-state index in [2.05, 4.69) is 10.2 Å². The van der Waals surface area contributed by atoms with E-state index in [0.717, 1.165) is 18.7 Å². The van der Waals surface area contributed by atoms with Gasteiger partial charge in [-0.25, -0.2) is 4.39 Å². The molecule has 0 bridgehead atoms. The van der Waals surface area contributed by atoms with Gasteiger partial charge in [0.05, 0.1) is 0 Å². The molecule has 2 nitrogen and oxygen atoms in total. The molecule has 0 unspecified atom stereocenters. The highest BCUT2D eigenvalue weighted by Crippen LogP contribution is 2.12. The monoisotopic (exact) mass is 210 g/mol. The van der Waals surface area contributed by atoms with Crippen LogP contribution in [-0.2, 0) is 0 Å². The predicted octanol–water partition coefficient (Wildman–Crippen LogP) is 2.04. The van der Waals surface area contributed by atoms with Crippen LogP contribution in [0.2, 0.25) is 0 Å². The fraction of sp³-hybridized carbons (Fsp3) is 0.500. The normalized spacial score (nSPS) is 13.1. The quantitative estimate of drug-likeness (QED) is 0.800. The first-order chi connectivity index (χ1) is 7.09. The van der Waals surface area contributed by atoms with E-state index >= 15 is 0 Å². The van der Waals surface area contributed by atoms with Gasteiger partial charge in [-0.15, -0.1) is 0 Å². The zero-order valence-corrected chi connectivity index (χ0v) is 9.63. The van der Waals surface area contributed by atoms with E-state index in [1.54, 1.807) is 12.1 Å². The minimum atomic E-state index is -0.172. The van der Waals surface area contributed by atoms with Gasteiger partial charge in [0, 0.05) is 19.1 Å². The van der Waals surface area contributed by atoms with Crippen LogP contribution in [0.15, 0.2) is 24.3 Å². The van der Waals surface area contributed by atoms with Crippen LogP contribution in [0.1, 0.15) is 18.5 Å². The van der Waals surface area contributed by atoms with Gasteiger partial charge >= 0.3 is 0 Å². The average Bonchev–Trinajstić information content (AvgIpc) is 2.17. The number of likely N-dealkylation sites (N-methyl/N-ethyl adjacent to an activating group) is 1. The van der Waals surface area contributed by atoms with E-state index in [0.29, 0.717) is 0 Å². The Labute approximate surface area is 91.1 Å². The molecule has 0 radical (unpaired) electrons. The van der Waals surface area contributed by atoms with Gasteiger partial charge in [0.2, 0.25) is 0 Å². The standard InChI is InChI=1S/C12H19FN2/c1-10(14-7-8-15(2)3)11-5-4-6-12(13)9-11/h4-6,9-10,14H,7-8H2,1-3H3/t10-/m1/s1. The van der Waals surface area contributed by atoms with Gasteiger partial charge in [0.1, 0.15) is 5.82 Å². The summed E-state index contributed by atoms with van der Waals surface area (Å²) in [6.07, 6.45) is 0. The van der Waals surface area contributed by atoms with Gasteiger partial charge in [-0.1, -0.05) is 12.1 Å². The smallest absolute Gasteiger partial charge is 0.123 e. The molecular formula is C12H19FN2. The Morgan fingerprint density at radius 1 is 1.40 bits per heavy atom. The summed E-state index contributed by atoms with van der Waals surface area (Å²) in [5.41, 5.74) is 0.994. The van der Waals surface area contributed by atoms with Crippen molar-refractivity contribution in [3.63, 3.8) is 0 Å². The molecule has 0 fully saturated rings. The lowest BCUT2D eigenvalue weighted by atomic mass is 10.1. The van der Waals surface area contributed by atoms with Gasteiger partial charge in [-0.3, -0.25) is 0 Å². The molecular weight excluding hydrogens is 191 g/mol. The van der Waals surface area contributed by atoms with E-state index in [1.807, 2.05) is 27.1 Å². The molecule has 0 saturated carbocycles. The molecule has 0 heterocycles. The third kappa shape index (κ3) is 4.40. The molecule has 0 aliphatic carbocycles. The highest BCUT2D eigenvalue weighted by atomic mass is 19.1. The second-order valence-electron chi connectivity index (χ2n) is 4.03. The molecule has 0 amide bonds. The van der Waals surface area contributed by atoms with Crippen molar-refractivity contribution in [3.8, 4) is 0 Å². The molecule has 1 aromatic rings. The summed E-state index contributed by atoms with van der Waals surface area (Å²) in [4.78, 5) is 2.12. The van der Waals surface area contributed by atoms with Crippen LogP contribution in [0.4, 0.5) is 4.39 Å². The molecule has 0 spiro atoms. The van der Waals surface area contributed by atoms with Crippen molar-refractivity contribution in [2.24, 2.45) is 0 Å². The Morgan fingerprint density at radius 2 is 2.13 bits per heavy atom. The summed E-state index contributed by atoms with van der Waals surface area (Å²) in [5, 5.41) is 3.35. The number of hydrogen-bond acceptors (Lipinski definition) is 2. The average molecular weight is 210 g/mol. The van der Waals surface area contributed by atoms with Crippen molar-refractivity contribution in [1.29, 1.82) is 0 Å². The SMILES string of the molecule is C[C@@H](NCCN(C)C)c1cccc(F)c1. The van der Waals surface area contributed by atoms with Gasteiger partial charge in [0.25, 0.3) is 0 Å². The van der Waals surface area contributed by atoms with E-state index in [-0.39, 0.29) is 11.9 Å². The fourth-order valence-electron chi connectivity index (χ4n) is 1.40. The van der Waals surface area contributed by atoms with Gasteiger partial charge in [-0.2, -0.15) is 0 Å². The molecule has 1 aromatic carbocycles. The lowest BCUT2D eigenvalue weighted by molar-refractivity contribution is 0.389. The van der Waals surface area contributed by atoms with Crippen LogP contribution in [0.25, 0.3) is 0 Å². The maximum absolute atomic E-state index is 12.9. The number of nitrogens with one attached hydrogen (secondary N) is 1. The first-order valence-corrected chi connectivity index (χ1v) is 5.23. The highest BCUT2D eigenvalue weighted by Gasteiger charge is 2.04. The second-order valence-corrected chi connectivity index (χ2v) is 4.03. The van der Waals surface area contributed by atoms with Crippen molar-refractivity contribution in [2.75, 3.05) is 27.2 Å². The largest absolute Gasteiger partial charge is 0.309 e. The maximum atomic E-state index is 12.9. The molecule has 0 aliphatic heterocycles. The molecule has 15 heavy (non-hydrogen) atoms. The van der Waals surface area contributed by atoms with E-state index in [4.69, 9.17) is 0 Å². The van der Waals surface area contributed by atoms with Crippen molar-refractivity contribution in [1.82, 2.24) is 10.2 Å². The van der Waals surface area contributed by atoms with Crippen molar-refractivity contribution in [3.05, 3.63) is 35.6 Å². The second kappa shape index (κ2) is 5.83. The number of hydrogen-bond donors (Lipinski definition) is 1. The molecule has 1 N–H and O–H groups in total. The molecule has 1 atom stereocenters. The molecule has 1 rings (SSSR count). The van der Waals surface area contributed by atoms with Crippen LogP contribution in [-0.4, -0.2) is 32.1 Å². The minimum Gasteiger partial charge on any atom is -0.309 e. The third-order valence-electron chi connectivity index (χ3n) is 2.36. The summed E-state index contributed by atoms with van der Waals surface area (Å²) >= 11 is 0. The van der Waals surface area contributed by atoms with Gasteiger partial charge < -0.3 is 10.2 Å². The molecule has 0 aromatic heterocycles. The summed E-state index contributed by atoms with van der Waals surface area (Å²) < 4.78 is 12.9. The zero-order chi connectivity index (χ0) is 11.3. The van der Waals surface area contributed by atoms with E-state index in [9.17, 15) is 4.39 Å². The Bertz CT molecular complexity index is 299. The Kier molecular flexibility index (Phi) is 4.72. The molecule has 0 saturated heterocycles. The number of rotatable bonds is 5. The minimum absolute atomic E-state index is 0.172. The van der Waals surface area contributed by atoms with E-state index < -0.39 is 0 Å². The fourth-order valence-corrected chi connectivity index (χ4v) is 1.40. The van der Waals surface area contributed by atoms with Crippen molar-refractivity contribution < 1.29 is 4.39 Å². The van der Waals surface area contributed by atoms with Crippen LogP contribution < -0.4 is 5.32 Å². The van der Waals surface area contributed by atoms with Crippen LogP contribution in [0, 0.1) is 5.82 Å².